The molecular weight excluding hydrogens is 308 g/mol. The minimum absolute atomic E-state index is 0.154. The molecule has 2 aromatic carbocycles. The van der Waals surface area contributed by atoms with Gasteiger partial charge in [0.15, 0.2) is 23.9 Å². The lowest BCUT2D eigenvalue weighted by Gasteiger charge is -2.18. The Balaban J connectivity index is 1.57. The molecule has 2 aromatic rings. The maximum atomic E-state index is 12.2. The molecule has 0 bridgehead atoms. The third-order valence-corrected chi connectivity index (χ3v) is 3.82. The van der Waals surface area contributed by atoms with Gasteiger partial charge in [0.1, 0.15) is 13.2 Å². The summed E-state index contributed by atoms with van der Waals surface area (Å²) in [6.45, 7) is 2.60. The van der Waals surface area contributed by atoms with Crippen LogP contribution in [0.4, 0.5) is 0 Å². The van der Waals surface area contributed by atoms with Crippen molar-refractivity contribution < 1.29 is 23.8 Å². The molecule has 3 rings (SSSR count). The second-order valence-corrected chi connectivity index (χ2v) is 5.55. The van der Waals surface area contributed by atoms with E-state index in [2.05, 4.69) is 0 Å². The molecule has 0 amide bonds. The van der Waals surface area contributed by atoms with Gasteiger partial charge in [-0.15, -0.1) is 0 Å². The zero-order valence-corrected chi connectivity index (χ0v) is 13.4. The normalized spacial score (nSPS) is 12.5. The fraction of sp³-hybridized carbons (Fsp3) is 0.263. The molecule has 0 radical (unpaired) electrons. The van der Waals surface area contributed by atoms with Crippen molar-refractivity contribution in [1.82, 2.24) is 0 Å². The average Bonchev–Trinajstić information content (AvgIpc) is 2.61. The van der Waals surface area contributed by atoms with Gasteiger partial charge in [0.2, 0.25) is 0 Å². The van der Waals surface area contributed by atoms with E-state index in [0.29, 0.717) is 30.3 Å². The van der Waals surface area contributed by atoms with E-state index in [-0.39, 0.29) is 18.8 Å². The van der Waals surface area contributed by atoms with Gasteiger partial charge >= 0.3 is 5.97 Å². The number of Topliss-reactive ketones (excluding diaryl/α,β-unsaturated/α-hetero) is 1. The number of esters is 1. The molecule has 0 spiro atoms. The zero-order chi connectivity index (χ0) is 16.9. The van der Waals surface area contributed by atoms with E-state index in [1.165, 1.54) is 0 Å². The lowest BCUT2D eigenvalue weighted by atomic mass is 10.1. The summed E-state index contributed by atoms with van der Waals surface area (Å²) in [5.74, 6) is 0.466. The van der Waals surface area contributed by atoms with Crippen molar-refractivity contribution in [2.75, 3.05) is 19.8 Å². The minimum Gasteiger partial charge on any atom is -0.486 e. The van der Waals surface area contributed by atoms with Crippen molar-refractivity contribution in [2.45, 2.75) is 13.3 Å². The molecular formula is C19H18O5. The Kier molecular flexibility index (Phi) is 4.79. The number of hydrogen-bond donors (Lipinski definition) is 0. The molecule has 0 fully saturated rings. The molecule has 1 aliphatic rings. The SMILES string of the molecule is Cc1ccccc1CC(=O)OCC(=O)c1ccc2c(c1)OCCO2. The second-order valence-electron chi connectivity index (χ2n) is 5.55. The third kappa shape index (κ3) is 3.74. The summed E-state index contributed by atoms with van der Waals surface area (Å²) >= 11 is 0. The first kappa shape index (κ1) is 16.1. The van der Waals surface area contributed by atoms with E-state index in [0.717, 1.165) is 11.1 Å². The van der Waals surface area contributed by atoms with E-state index >= 15 is 0 Å². The third-order valence-electron chi connectivity index (χ3n) is 3.82. The summed E-state index contributed by atoms with van der Waals surface area (Å²) in [6, 6.07) is 12.5. The van der Waals surface area contributed by atoms with Gasteiger partial charge in [-0.05, 0) is 36.2 Å². The Morgan fingerprint density at radius 3 is 2.58 bits per heavy atom. The first-order valence-corrected chi connectivity index (χ1v) is 7.76. The quantitative estimate of drug-likeness (QED) is 0.624. The van der Waals surface area contributed by atoms with Gasteiger partial charge in [0.25, 0.3) is 0 Å². The molecule has 24 heavy (non-hydrogen) atoms. The van der Waals surface area contributed by atoms with Crippen molar-refractivity contribution in [1.29, 1.82) is 0 Å². The largest absolute Gasteiger partial charge is 0.486 e. The van der Waals surface area contributed by atoms with Crippen LogP contribution in [-0.4, -0.2) is 31.6 Å². The maximum absolute atomic E-state index is 12.2. The molecule has 0 aromatic heterocycles. The molecule has 0 saturated carbocycles. The monoisotopic (exact) mass is 326 g/mol. The van der Waals surface area contributed by atoms with Crippen LogP contribution in [-0.2, 0) is 16.0 Å². The van der Waals surface area contributed by atoms with Crippen LogP contribution in [0.3, 0.4) is 0 Å². The lowest BCUT2D eigenvalue weighted by molar-refractivity contribution is -0.141. The van der Waals surface area contributed by atoms with Crippen molar-refractivity contribution in [3.8, 4) is 11.5 Å². The molecule has 0 unspecified atom stereocenters. The predicted octanol–water partition coefficient (Wildman–Crippen LogP) is 2.73. The number of fused-ring (bicyclic) bond motifs is 1. The summed E-state index contributed by atoms with van der Waals surface area (Å²) in [4.78, 5) is 24.1. The molecule has 1 aliphatic heterocycles. The van der Waals surface area contributed by atoms with Crippen LogP contribution >= 0.6 is 0 Å². The van der Waals surface area contributed by atoms with Crippen molar-refractivity contribution in [3.05, 3.63) is 59.2 Å². The molecule has 124 valence electrons. The molecule has 0 atom stereocenters. The standard InChI is InChI=1S/C19H18O5/c1-13-4-2-3-5-14(13)11-19(21)24-12-16(20)15-6-7-17-18(10-15)23-9-8-22-17/h2-7,10H,8-9,11-12H2,1H3. The Bertz CT molecular complexity index is 766. The van der Waals surface area contributed by atoms with E-state index in [1.54, 1.807) is 18.2 Å². The maximum Gasteiger partial charge on any atom is 0.310 e. The van der Waals surface area contributed by atoms with Crippen LogP contribution in [0.1, 0.15) is 21.5 Å². The van der Waals surface area contributed by atoms with Crippen molar-refractivity contribution in [2.24, 2.45) is 0 Å². The van der Waals surface area contributed by atoms with Crippen molar-refractivity contribution in [3.63, 3.8) is 0 Å². The number of carbonyl (C=O) groups excluding carboxylic acids is 2. The summed E-state index contributed by atoms with van der Waals surface area (Å²) in [5.41, 5.74) is 2.35. The summed E-state index contributed by atoms with van der Waals surface area (Å²) in [5, 5.41) is 0. The van der Waals surface area contributed by atoms with E-state index in [1.807, 2.05) is 31.2 Å². The molecule has 5 heteroatoms. The highest BCUT2D eigenvalue weighted by Crippen LogP contribution is 2.30. The zero-order valence-electron chi connectivity index (χ0n) is 13.4. The highest BCUT2D eigenvalue weighted by Gasteiger charge is 2.16. The fourth-order valence-electron chi connectivity index (χ4n) is 2.46. The first-order valence-electron chi connectivity index (χ1n) is 7.76. The van der Waals surface area contributed by atoms with Gasteiger partial charge in [-0.3, -0.25) is 9.59 Å². The van der Waals surface area contributed by atoms with Gasteiger partial charge in [0, 0.05) is 5.56 Å². The second kappa shape index (κ2) is 7.17. The number of hydrogen-bond acceptors (Lipinski definition) is 5. The highest BCUT2D eigenvalue weighted by molar-refractivity contribution is 5.98. The number of ketones is 1. The summed E-state index contributed by atoms with van der Waals surface area (Å²) in [7, 11) is 0. The Morgan fingerprint density at radius 2 is 1.79 bits per heavy atom. The fourth-order valence-corrected chi connectivity index (χ4v) is 2.46. The Hall–Kier alpha value is -2.82. The first-order chi connectivity index (χ1) is 11.6. The van der Waals surface area contributed by atoms with Crippen molar-refractivity contribution >= 4 is 11.8 Å². The van der Waals surface area contributed by atoms with Gasteiger partial charge in [-0.1, -0.05) is 24.3 Å². The van der Waals surface area contributed by atoms with Crippen LogP contribution < -0.4 is 9.47 Å². The Labute approximate surface area is 140 Å². The molecule has 0 N–H and O–H groups in total. The number of ether oxygens (including phenoxy) is 3. The lowest BCUT2D eigenvalue weighted by Crippen LogP contribution is -2.18. The smallest absolute Gasteiger partial charge is 0.310 e. The topological polar surface area (TPSA) is 61.8 Å². The minimum atomic E-state index is -0.421. The van der Waals surface area contributed by atoms with Gasteiger partial charge in [0.05, 0.1) is 6.42 Å². The van der Waals surface area contributed by atoms with Gasteiger partial charge in [-0.2, -0.15) is 0 Å². The highest BCUT2D eigenvalue weighted by atomic mass is 16.6. The van der Waals surface area contributed by atoms with E-state index < -0.39 is 5.97 Å². The predicted molar refractivity (Wildman–Crippen MR) is 87.6 cm³/mol. The van der Waals surface area contributed by atoms with E-state index in [4.69, 9.17) is 14.2 Å². The number of aryl methyl sites for hydroxylation is 1. The van der Waals surface area contributed by atoms with E-state index in [9.17, 15) is 9.59 Å². The number of benzene rings is 2. The molecule has 5 nitrogen and oxygen atoms in total. The molecule has 1 heterocycles. The molecule has 0 saturated heterocycles. The Morgan fingerprint density at radius 1 is 1.04 bits per heavy atom. The average molecular weight is 326 g/mol. The summed E-state index contributed by atoms with van der Waals surface area (Å²) < 4.78 is 16.0. The van der Waals surface area contributed by atoms with Crippen LogP contribution in [0.5, 0.6) is 11.5 Å². The van der Waals surface area contributed by atoms with Crippen LogP contribution in [0.15, 0.2) is 42.5 Å². The van der Waals surface area contributed by atoms with Crippen LogP contribution in [0.2, 0.25) is 0 Å². The van der Waals surface area contributed by atoms with Crippen LogP contribution in [0, 0.1) is 6.92 Å². The van der Waals surface area contributed by atoms with Gasteiger partial charge < -0.3 is 14.2 Å². The number of rotatable bonds is 5. The van der Waals surface area contributed by atoms with Gasteiger partial charge in [-0.25, -0.2) is 0 Å². The summed E-state index contributed by atoms with van der Waals surface area (Å²) in [6.07, 6.45) is 0.154. The number of carbonyl (C=O) groups is 2. The molecule has 0 aliphatic carbocycles. The van der Waals surface area contributed by atoms with Crippen LogP contribution in [0.25, 0.3) is 0 Å².